The van der Waals surface area contributed by atoms with Crippen molar-refractivity contribution in [2.24, 2.45) is 0 Å². The quantitative estimate of drug-likeness (QED) is 0.708. The summed E-state index contributed by atoms with van der Waals surface area (Å²) in [5.74, 6) is 0. The second kappa shape index (κ2) is 5.56. The van der Waals surface area contributed by atoms with Crippen molar-refractivity contribution in [1.29, 1.82) is 0 Å². The maximum atomic E-state index is 11.8. The van der Waals surface area contributed by atoms with E-state index in [1.165, 1.54) is 0 Å². The van der Waals surface area contributed by atoms with Crippen LogP contribution >= 0.6 is 0 Å². The predicted octanol–water partition coefficient (Wildman–Crippen LogP) is 2.08. The molecule has 0 heterocycles. The summed E-state index contributed by atoms with van der Waals surface area (Å²) >= 11 is 0. The molecule has 0 aliphatic carbocycles. The van der Waals surface area contributed by atoms with Crippen molar-refractivity contribution in [2.45, 2.75) is 44.8 Å². The van der Waals surface area contributed by atoms with E-state index in [2.05, 4.69) is 5.32 Å². The molecule has 0 rings (SSSR count). The molecule has 86 valence electrons. The van der Waals surface area contributed by atoms with Gasteiger partial charge in [-0.25, -0.2) is 0 Å². The highest BCUT2D eigenvalue weighted by Gasteiger charge is 2.29. The molecule has 0 aromatic carbocycles. The third-order valence-electron chi connectivity index (χ3n) is 2.14. The van der Waals surface area contributed by atoms with Crippen LogP contribution in [0.5, 0.6) is 0 Å². The van der Waals surface area contributed by atoms with Crippen molar-refractivity contribution in [2.75, 3.05) is 13.2 Å². The highest BCUT2D eigenvalue weighted by Crippen LogP contribution is 2.24. The zero-order valence-corrected chi connectivity index (χ0v) is 8.62. The summed E-state index contributed by atoms with van der Waals surface area (Å²) in [5, 5.41) is 12.0. The van der Waals surface area contributed by atoms with Gasteiger partial charge < -0.3 is 10.4 Å². The van der Waals surface area contributed by atoms with E-state index in [9.17, 15) is 13.2 Å². The fraction of sp³-hybridized carbons (Fsp3) is 1.00. The summed E-state index contributed by atoms with van der Waals surface area (Å²) in [6.45, 7) is 4.09. The van der Waals surface area contributed by atoms with Crippen LogP contribution in [0.25, 0.3) is 0 Å². The van der Waals surface area contributed by atoms with Gasteiger partial charge in [0.25, 0.3) is 0 Å². The molecule has 0 bridgehead atoms. The van der Waals surface area contributed by atoms with E-state index >= 15 is 0 Å². The second-order valence-electron chi connectivity index (χ2n) is 3.72. The van der Waals surface area contributed by atoms with E-state index in [1.54, 1.807) is 6.92 Å². The summed E-state index contributed by atoms with van der Waals surface area (Å²) in [6, 6.07) is 0. The SMILES string of the molecule is CCNC(C)(CO)CCCC(F)(F)F. The average molecular weight is 213 g/mol. The van der Waals surface area contributed by atoms with Gasteiger partial charge in [-0.3, -0.25) is 0 Å². The number of nitrogens with one attached hydrogen (secondary N) is 1. The van der Waals surface area contributed by atoms with E-state index in [1.807, 2.05) is 6.92 Å². The van der Waals surface area contributed by atoms with Crippen LogP contribution in [0.2, 0.25) is 0 Å². The van der Waals surface area contributed by atoms with Crippen LogP contribution in [0, 0.1) is 0 Å². The molecule has 0 saturated heterocycles. The van der Waals surface area contributed by atoms with Gasteiger partial charge in [-0.15, -0.1) is 0 Å². The lowest BCUT2D eigenvalue weighted by atomic mass is 9.95. The molecule has 1 atom stereocenters. The standard InChI is InChI=1S/C9H18F3NO/c1-3-13-8(2,7-14)5-4-6-9(10,11)12/h13-14H,3-7H2,1-2H3. The Morgan fingerprint density at radius 2 is 1.79 bits per heavy atom. The second-order valence-corrected chi connectivity index (χ2v) is 3.72. The summed E-state index contributed by atoms with van der Waals surface area (Å²) < 4.78 is 35.5. The molecular weight excluding hydrogens is 195 g/mol. The zero-order valence-electron chi connectivity index (χ0n) is 8.62. The summed E-state index contributed by atoms with van der Waals surface area (Å²) in [4.78, 5) is 0. The molecule has 0 aliphatic heterocycles. The first kappa shape index (κ1) is 13.7. The lowest BCUT2D eigenvalue weighted by Gasteiger charge is -2.28. The molecule has 0 spiro atoms. The number of halogens is 3. The fourth-order valence-electron chi connectivity index (χ4n) is 1.33. The Morgan fingerprint density at radius 3 is 2.14 bits per heavy atom. The smallest absolute Gasteiger partial charge is 0.389 e. The highest BCUT2D eigenvalue weighted by molar-refractivity contribution is 4.81. The first-order valence-corrected chi connectivity index (χ1v) is 4.75. The first-order chi connectivity index (χ1) is 6.33. The molecule has 2 nitrogen and oxygen atoms in total. The molecule has 0 amide bonds. The van der Waals surface area contributed by atoms with Crippen LogP contribution in [0.1, 0.15) is 33.1 Å². The molecular formula is C9H18F3NO. The Bertz CT molecular complexity index is 161. The van der Waals surface area contributed by atoms with Crippen LogP contribution in [-0.2, 0) is 0 Å². The summed E-state index contributed by atoms with van der Waals surface area (Å²) in [7, 11) is 0. The molecule has 0 aliphatic rings. The van der Waals surface area contributed by atoms with Crippen LogP contribution in [0.3, 0.4) is 0 Å². The lowest BCUT2D eigenvalue weighted by Crippen LogP contribution is -2.45. The minimum atomic E-state index is -4.09. The van der Waals surface area contributed by atoms with Gasteiger partial charge in [-0.1, -0.05) is 6.92 Å². The number of hydrogen-bond donors (Lipinski definition) is 2. The van der Waals surface area contributed by atoms with Crippen LogP contribution in [-0.4, -0.2) is 30.0 Å². The van der Waals surface area contributed by atoms with Gasteiger partial charge >= 0.3 is 6.18 Å². The van der Waals surface area contributed by atoms with Gasteiger partial charge in [0.15, 0.2) is 0 Å². The Morgan fingerprint density at radius 1 is 1.21 bits per heavy atom. The maximum Gasteiger partial charge on any atom is 0.389 e. The highest BCUT2D eigenvalue weighted by atomic mass is 19.4. The predicted molar refractivity (Wildman–Crippen MR) is 49.1 cm³/mol. The van der Waals surface area contributed by atoms with Gasteiger partial charge in [0.2, 0.25) is 0 Å². The van der Waals surface area contributed by atoms with Crippen LogP contribution < -0.4 is 5.32 Å². The van der Waals surface area contributed by atoms with Crippen molar-refractivity contribution in [3.05, 3.63) is 0 Å². The molecule has 0 radical (unpaired) electrons. The lowest BCUT2D eigenvalue weighted by molar-refractivity contribution is -0.136. The summed E-state index contributed by atoms with van der Waals surface area (Å²) in [6.07, 6.45) is -4.50. The number of hydrogen-bond acceptors (Lipinski definition) is 2. The minimum Gasteiger partial charge on any atom is -0.394 e. The number of rotatable bonds is 6. The van der Waals surface area contributed by atoms with Crippen molar-refractivity contribution in [3.63, 3.8) is 0 Å². The molecule has 0 aromatic rings. The van der Waals surface area contributed by atoms with Crippen molar-refractivity contribution < 1.29 is 18.3 Å². The minimum absolute atomic E-state index is 0.0492. The van der Waals surface area contributed by atoms with E-state index in [4.69, 9.17) is 5.11 Å². The first-order valence-electron chi connectivity index (χ1n) is 4.75. The van der Waals surface area contributed by atoms with Gasteiger partial charge in [0.05, 0.1) is 6.61 Å². The third kappa shape index (κ3) is 6.21. The topological polar surface area (TPSA) is 32.3 Å². The van der Waals surface area contributed by atoms with Crippen molar-refractivity contribution >= 4 is 0 Å². The number of likely N-dealkylation sites (N-methyl/N-ethyl adjacent to an activating group) is 1. The molecule has 5 heteroatoms. The molecule has 0 aromatic heterocycles. The average Bonchev–Trinajstić information content (AvgIpc) is 2.02. The van der Waals surface area contributed by atoms with Crippen LogP contribution in [0.4, 0.5) is 13.2 Å². The Hall–Kier alpha value is -0.290. The summed E-state index contributed by atoms with van der Waals surface area (Å²) in [5.41, 5.74) is -0.583. The van der Waals surface area contributed by atoms with Gasteiger partial charge in [0.1, 0.15) is 0 Å². The van der Waals surface area contributed by atoms with E-state index < -0.39 is 18.1 Å². The third-order valence-corrected chi connectivity index (χ3v) is 2.14. The molecule has 0 fully saturated rings. The van der Waals surface area contributed by atoms with Gasteiger partial charge in [-0.05, 0) is 26.3 Å². The van der Waals surface area contributed by atoms with Gasteiger partial charge in [-0.2, -0.15) is 13.2 Å². The van der Waals surface area contributed by atoms with Crippen molar-refractivity contribution in [3.8, 4) is 0 Å². The largest absolute Gasteiger partial charge is 0.394 e. The van der Waals surface area contributed by atoms with E-state index in [-0.39, 0.29) is 13.0 Å². The van der Waals surface area contributed by atoms with E-state index in [0.717, 1.165) is 0 Å². The molecule has 0 saturated carbocycles. The van der Waals surface area contributed by atoms with Gasteiger partial charge in [0, 0.05) is 12.0 Å². The number of alkyl halides is 3. The number of aliphatic hydroxyl groups is 1. The maximum absolute atomic E-state index is 11.8. The van der Waals surface area contributed by atoms with Crippen molar-refractivity contribution in [1.82, 2.24) is 5.32 Å². The monoisotopic (exact) mass is 213 g/mol. The zero-order chi connectivity index (χ0) is 11.2. The normalized spacial score (nSPS) is 16.7. The Balaban J connectivity index is 3.84. The number of aliphatic hydroxyl groups excluding tert-OH is 1. The fourth-order valence-corrected chi connectivity index (χ4v) is 1.33. The molecule has 14 heavy (non-hydrogen) atoms. The molecule has 2 N–H and O–H groups in total. The molecule has 1 unspecified atom stereocenters. The van der Waals surface area contributed by atoms with Crippen LogP contribution in [0.15, 0.2) is 0 Å². The van der Waals surface area contributed by atoms with E-state index in [0.29, 0.717) is 13.0 Å². The Kier molecular flexibility index (Phi) is 5.44. The Labute approximate surface area is 82.5 Å².